The number of hydrogen-bond donors (Lipinski definition) is 1. The van der Waals surface area contributed by atoms with Crippen molar-refractivity contribution in [1.29, 1.82) is 0 Å². The van der Waals surface area contributed by atoms with Crippen molar-refractivity contribution in [2.24, 2.45) is 0 Å². The third kappa shape index (κ3) is 5.51. The lowest BCUT2D eigenvalue weighted by Crippen LogP contribution is -2.36. The van der Waals surface area contributed by atoms with Gasteiger partial charge in [-0.1, -0.05) is 28.1 Å². The fourth-order valence-corrected chi connectivity index (χ4v) is 1.83. The van der Waals surface area contributed by atoms with Gasteiger partial charge in [0.15, 0.2) is 0 Å². The van der Waals surface area contributed by atoms with E-state index in [1.807, 2.05) is 24.3 Å². The molecule has 16 heavy (non-hydrogen) atoms. The predicted octanol–water partition coefficient (Wildman–Crippen LogP) is 3.53. The van der Waals surface area contributed by atoms with E-state index in [2.05, 4.69) is 21.2 Å². The summed E-state index contributed by atoms with van der Waals surface area (Å²) >= 11 is 3.32. The van der Waals surface area contributed by atoms with Gasteiger partial charge in [-0.2, -0.15) is 13.2 Å². The standard InChI is InChI=1S/C11H13BrF3N/c1-8(16-7-11(13,14)15)5-9-3-2-4-10(12)6-9/h2-4,6,8,16H,5,7H2,1H3. The average Bonchev–Trinajstić information content (AvgIpc) is 2.14. The maximum Gasteiger partial charge on any atom is 0.401 e. The fraction of sp³-hybridized carbons (Fsp3) is 0.455. The van der Waals surface area contributed by atoms with Crippen LogP contribution in [-0.4, -0.2) is 18.8 Å². The summed E-state index contributed by atoms with van der Waals surface area (Å²) in [6, 6.07) is 7.37. The van der Waals surface area contributed by atoms with Crippen LogP contribution >= 0.6 is 15.9 Å². The third-order valence-corrected chi connectivity index (χ3v) is 2.58. The molecule has 5 heteroatoms. The van der Waals surface area contributed by atoms with Crippen LogP contribution in [0.1, 0.15) is 12.5 Å². The zero-order valence-electron chi connectivity index (χ0n) is 8.81. The van der Waals surface area contributed by atoms with Gasteiger partial charge < -0.3 is 5.32 Å². The summed E-state index contributed by atoms with van der Waals surface area (Å²) in [5.74, 6) is 0. The van der Waals surface area contributed by atoms with Gasteiger partial charge in [0, 0.05) is 10.5 Å². The Morgan fingerprint density at radius 3 is 2.62 bits per heavy atom. The number of nitrogens with one attached hydrogen (secondary N) is 1. The summed E-state index contributed by atoms with van der Waals surface area (Å²) in [6.45, 7) is 0.800. The molecule has 0 bridgehead atoms. The highest BCUT2D eigenvalue weighted by Gasteiger charge is 2.27. The van der Waals surface area contributed by atoms with Crippen molar-refractivity contribution in [3.05, 3.63) is 34.3 Å². The maximum atomic E-state index is 11.9. The van der Waals surface area contributed by atoms with Crippen molar-refractivity contribution in [2.75, 3.05) is 6.54 Å². The van der Waals surface area contributed by atoms with Crippen molar-refractivity contribution in [3.63, 3.8) is 0 Å². The number of hydrogen-bond acceptors (Lipinski definition) is 1. The molecule has 0 aliphatic carbocycles. The summed E-state index contributed by atoms with van der Waals surface area (Å²) in [7, 11) is 0. The van der Waals surface area contributed by atoms with Crippen LogP contribution in [0, 0.1) is 0 Å². The van der Waals surface area contributed by atoms with Gasteiger partial charge in [0.2, 0.25) is 0 Å². The van der Waals surface area contributed by atoms with E-state index in [1.54, 1.807) is 6.92 Å². The fourth-order valence-electron chi connectivity index (χ4n) is 1.38. The SMILES string of the molecule is CC(Cc1cccc(Br)c1)NCC(F)(F)F. The summed E-state index contributed by atoms with van der Waals surface area (Å²) in [5.41, 5.74) is 1.01. The highest BCUT2D eigenvalue weighted by atomic mass is 79.9. The molecule has 0 spiro atoms. The number of benzene rings is 1. The molecule has 0 saturated heterocycles. The van der Waals surface area contributed by atoms with Gasteiger partial charge in [-0.25, -0.2) is 0 Å². The van der Waals surface area contributed by atoms with Crippen LogP contribution in [0.4, 0.5) is 13.2 Å². The van der Waals surface area contributed by atoms with Crippen LogP contribution < -0.4 is 5.32 Å². The van der Waals surface area contributed by atoms with Gasteiger partial charge in [-0.05, 0) is 31.0 Å². The highest BCUT2D eigenvalue weighted by Crippen LogP contribution is 2.15. The molecule has 1 unspecified atom stereocenters. The van der Waals surface area contributed by atoms with Crippen molar-refractivity contribution >= 4 is 15.9 Å². The molecule has 0 amide bonds. The number of halogens is 4. The molecule has 0 radical (unpaired) electrons. The van der Waals surface area contributed by atoms with E-state index in [0.717, 1.165) is 10.0 Å². The minimum Gasteiger partial charge on any atom is -0.306 e. The summed E-state index contributed by atoms with van der Waals surface area (Å²) < 4.78 is 36.8. The van der Waals surface area contributed by atoms with Crippen LogP contribution in [0.5, 0.6) is 0 Å². The van der Waals surface area contributed by atoms with Crippen molar-refractivity contribution in [1.82, 2.24) is 5.32 Å². The zero-order valence-corrected chi connectivity index (χ0v) is 10.4. The van der Waals surface area contributed by atoms with Crippen LogP contribution in [0.15, 0.2) is 28.7 Å². The van der Waals surface area contributed by atoms with E-state index < -0.39 is 12.7 Å². The molecule has 1 N–H and O–H groups in total. The summed E-state index contributed by atoms with van der Waals surface area (Å²) in [4.78, 5) is 0. The summed E-state index contributed by atoms with van der Waals surface area (Å²) in [5, 5.41) is 2.45. The molecule has 1 atom stereocenters. The first-order chi connectivity index (χ1) is 7.37. The maximum absolute atomic E-state index is 11.9. The topological polar surface area (TPSA) is 12.0 Å². The molecule has 90 valence electrons. The van der Waals surface area contributed by atoms with E-state index in [0.29, 0.717) is 6.42 Å². The van der Waals surface area contributed by atoms with Gasteiger partial charge in [0.25, 0.3) is 0 Å². The number of alkyl halides is 3. The van der Waals surface area contributed by atoms with Gasteiger partial charge in [-0.3, -0.25) is 0 Å². The Hall–Kier alpha value is -0.550. The minimum atomic E-state index is -4.15. The van der Waals surface area contributed by atoms with Crippen molar-refractivity contribution < 1.29 is 13.2 Å². The molecule has 0 heterocycles. The molecule has 0 aliphatic heterocycles. The first-order valence-corrected chi connectivity index (χ1v) is 5.71. The lowest BCUT2D eigenvalue weighted by molar-refractivity contribution is -0.126. The molecule has 1 rings (SSSR count). The van der Waals surface area contributed by atoms with Crippen molar-refractivity contribution in [2.45, 2.75) is 25.6 Å². The third-order valence-electron chi connectivity index (χ3n) is 2.08. The van der Waals surface area contributed by atoms with Crippen molar-refractivity contribution in [3.8, 4) is 0 Å². The molecule has 1 aromatic rings. The average molecular weight is 296 g/mol. The largest absolute Gasteiger partial charge is 0.401 e. The second-order valence-corrected chi connectivity index (χ2v) is 4.65. The molecule has 0 aromatic heterocycles. The van der Waals surface area contributed by atoms with Crippen LogP contribution in [0.25, 0.3) is 0 Å². The Balaban J connectivity index is 2.43. The van der Waals surface area contributed by atoms with E-state index >= 15 is 0 Å². The molecule has 1 aromatic carbocycles. The minimum absolute atomic E-state index is 0.198. The molecule has 0 fully saturated rings. The Morgan fingerprint density at radius 1 is 1.38 bits per heavy atom. The Bertz CT molecular complexity index is 338. The molecule has 1 nitrogen and oxygen atoms in total. The molecular formula is C11H13BrF3N. The van der Waals surface area contributed by atoms with Crippen LogP contribution in [-0.2, 0) is 6.42 Å². The molecule has 0 saturated carbocycles. The lowest BCUT2D eigenvalue weighted by atomic mass is 10.1. The Labute approximate surface area is 101 Å². The molecular weight excluding hydrogens is 283 g/mol. The van der Waals surface area contributed by atoms with E-state index in [9.17, 15) is 13.2 Å². The van der Waals surface area contributed by atoms with Crippen LogP contribution in [0.3, 0.4) is 0 Å². The Morgan fingerprint density at radius 2 is 2.06 bits per heavy atom. The van der Waals surface area contributed by atoms with E-state index in [4.69, 9.17) is 0 Å². The first-order valence-electron chi connectivity index (χ1n) is 4.91. The smallest absolute Gasteiger partial charge is 0.306 e. The van der Waals surface area contributed by atoms with Gasteiger partial charge in [-0.15, -0.1) is 0 Å². The molecule has 0 aliphatic rings. The predicted molar refractivity (Wildman–Crippen MR) is 61.4 cm³/mol. The normalized spacial score (nSPS) is 13.8. The van der Waals surface area contributed by atoms with E-state index in [-0.39, 0.29) is 6.04 Å². The Kier molecular flexibility index (Phi) is 4.80. The second kappa shape index (κ2) is 5.68. The highest BCUT2D eigenvalue weighted by molar-refractivity contribution is 9.10. The van der Waals surface area contributed by atoms with Gasteiger partial charge in [0.05, 0.1) is 6.54 Å². The quantitative estimate of drug-likeness (QED) is 0.896. The number of rotatable bonds is 4. The lowest BCUT2D eigenvalue weighted by Gasteiger charge is -2.15. The van der Waals surface area contributed by atoms with Gasteiger partial charge >= 0.3 is 6.18 Å². The summed E-state index contributed by atoms with van der Waals surface area (Å²) in [6.07, 6.45) is -3.57. The zero-order chi connectivity index (χ0) is 12.2. The first kappa shape index (κ1) is 13.5. The monoisotopic (exact) mass is 295 g/mol. The second-order valence-electron chi connectivity index (χ2n) is 3.73. The van der Waals surface area contributed by atoms with Crippen LogP contribution in [0.2, 0.25) is 0 Å². The van der Waals surface area contributed by atoms with Gasteiger partial charge in [0.1, 0.15) is 0 Å². The van der Waals surface area contributed by atoms with E-state index in [1.165, 1.54) is 0 Å².